The average molecular weight is 318 g/mol. The van der Waals surface area contributed by atoms with Gasteiger partial charge in [-0.3, -0.25) is 9.59 Å². The molecule has 1 saturated carbocycles. The van der Waals surface area contributed by atoms with E-state index in [0.29, 0.717) is 29.7 Å². The van der Waals surface area contributed by atoms with Crippen LogP contribution >= 0.6 is 0 Å². The lowest BCUT2D eigenvalue weighted by molar-refractivity contribution is -0.138. The molecule has 8 heteroatoms. The Morgan fingerprint density at radius 3 is 2.55 bits per heavy atom. The SMILES string of the molecule is O=C(Cn1cc(C(F)(F)F)ccc1=O)NCC1(O)CCCC1. The van der Waals surface area contributed by atoms with E-state index in [0.717, 1.165) is 18.9 Å². The lowest BCUT2D eigenvalue weighted by Gasteiger charge is -2.22. The second-order valence-electron chi connectivity index (χ2n) is 5.59. The third-order valence-electron chi connectivity index (χ3n) is 3.77. The molecule has 0 bridgehead atoms. The Balaban J connectivity index is 2.00. The van der Waals surface area contributed by atoms with Crippen LogP contribution in [0, 0.1) is 0 Å². The summed E-state index contributed by atoms with van der Waals surface area (Å²) >= 11 is 0. The lowest BCUT2D eigenvalue weighted by Crippen LogP contribution is -2.42. The molecule has 1 aliphatic carbocycles. The van der Waals surface area contributed by atoms with Gasteiger partial charge in [0, 0.05) is 18.8 Å². The fourth-order valence-corrected chi connectivity index (χ4v) is 2.51. The monoisotopic (exact) mass is 318 g/mol. The van der Waals surface area contributed by atoms with E-state index in [1.807, 2.05) is 0 Å². The van der Waals surface area contributed by atoms with Crippen LogP contribution in [0.3, 0.4) is 0 Å². The van der Waals surface area contributed by atoms with Gasteiger partial charge in [-0.15, -0.1) is 0 Å². The van der Waals surface area contributed by atoms with Gasteiger partial charge in [0.15, 0.2) is 0 Å². The molecule has 22 heavy (non-hydrogen) atoms. The van der Waals surface area contributed by atoms with Crippen LogP contribution in [0.15, 0.2) is 23.1 Å². The van der Waals surface area contributed by atoms with Gasteiger partial charge >= 0.3 is 6.18 Å². The lowest BCUT2D eigenvalue weighted by atomic mass is 10.0. The molecule has 2 N–H and O–H groups in total. The van der Waals surface area contributed by atoms with Crippen molar-refractivity contribution < 1.29 is 23.1 Å². The van der Waals surface area contributed by atoms with Crippen molar-refractivity contribution in [3.63, 3.8) is 0 Å². The van der Waals surface area contributed by atoms with Gasteiger partial charge in [0.25, 0.3) is 5.56 Å². The molecule has 0 spiro atoms. The number of alkyl halides is 3. The smallest absolute Gasteiger partial charge is 0.388 e. The van der Waals surface area contributed by atoms with Crippen molar-refractivity contribution in [1.82, 2.24) is 9.88 Å². The van der Waals surface area contributed by atoms with Crippen LogP contribution < -0.4 is 10.9 Å². The average Bonchev–Trinajstić information content (AvgIpc) is 2.85. The van der Waals surface area contributed by atoms with Gasteiger partial charge in [-0.25, -0.2) is 0 Å². The third-order valence-corrected chi connectivity index (χ3v) is 3.77. The minimum atomic E-state index is -4.58. The number of nitrogens with one attached hydrogen (secondary N) is 1. The van der Waals surface area contributed by atoms with Crippen molar-refractivity contribution in [3.8, 4) is 0 Å². The molecular formula is C14H17F3N2O3. The molecule has 0 saturated heterocycles. The van der Waals surface area contributed by atoms with E-state index in [4.69, 9.17) is 0 Å². The number of nitrogens with zero attached hydrogens (tertiary/aromatic N) is 1. The number of hydrogen-bond acceptors (Lipinski definition) is 3. The minimum Gasteiger partial charge on any atom is -0.388 e. The number of aromatic nitrogens is 1. The Bertz CT molecular complexity index is 604. The first kappa shape index (κ1) is 16.5. The van der Waals surface area contributed by atoms with Crippen LogP contribution in [-0.4, -0.2) is 27.7 Å². The van der Waals surface area contributed by atoms with E-state index in [1.165, 1.54) is 0 Å². The predicted octanol–water partition coefficient (Wildman–Crippen LogP) is 1.29. The van der Waals surface area contributed by atoms with Gasteiger partial charge in [0.05, 0.1) is 11.2 Å². The summed E-state index contributed by atoms with van der Waals surface area (Å²) in [6.45, 7) is -0.474. The van der Waals surface area contributed by atoms with Crippen molar-refractivity contribution in [2.24, 2.45) is 0 Å². The number of hydrogen-bond donors (Lipinski definition) is 2. The molecule has 0 unspecified atom stereocenters. The molecule has 0 aromatic carbocycles. The second-order valence-corrected chi connectivity index (χ2v) is 5.59. The molecule has 0 atom stereocenters. The maximum Gasteiger partial charge on any atom is 0.417 e. The van der Waals surface area contributed by atoms with E-state index in [1.54, 1.807) is 0 Å². The highest BCUT2D eigenvalue weighted by atomic mass is 19.4. The van der Waals surface area contributed by atoms with Crippen LogP contribution in [0.2, 0.25) is 0 Å². The van der Waals surface area contributed by atoms with Crippen molar-refractivity contribution in [2.75, 3.05) is 6.54 Å². The van der Waals surface area contributed by atoms with Crippen LogP contribution in [0.1, 0.15) is 31.2 Å². The molecule has 1 aromatic heterocycles. The number of carbonyl (C=O) groups is 1. The van der Waals surface area contributed by atoms with Crippen molar-refractivity contribution in [2.45, 2.75) is 44.0 Å². The van der Waals surface area contributed by atoms with E-state index in [9.17, 15) is 27.9 Å². The highest BCUT2D eigenvalue weighted by Gasteiger charge is 2.32. The summed E-state index contributed by atoms with van der Waals surface area (Å²) in [5.41, 5.74) is -2.63. The Kier molecular flexibility index (Phi) is 4.60. The Hall–Kier alpha value is -1.83. The molecule has 0 aliphatic heterocycles. The second kappa shape index (κ2) is 6.12. The van der Waals surface area contributed by atoms with Crippen LogP contribution in [0.5, 0.6) is 0 Å². The zero-order valence-electron chi connectivity index (χ0n) is 11.8. The quantitative estimate of drug-likeness (QED) is 0.879. The maximum absolute atomic E-state index is 12.6. The molecule has 1 heterocycles. The topological polar surface area (TPSA) is 71.3 Å². The third kappa shape index (κ3) is 4.09. The Morgan fingerprint density at radius 2 is 1.95 bits per heavy atom. The van der Waals surface area contributed by atoms with Crippen LogP contribution in [0.25, 0.3) is 0 Å². The van der Waals surface area contributed by atoms with Gasteiger partial charge in [0.1, 0.15) is 6.54 Å². The maximum atomic E-state index is 12.6. The molecule has 1 aromatic rings. The summed E-state index contributed by atoms with van der Waals surface area (Å²) in [5, 5.41) is 12.5. The fourth-order valence-electron chi connectivity index (χ4n) is 2.51. The number of amides is 1. The van der Waals surface area contributed by atoms with E-state index in [-0.39, 0.29) is 6.54 Å². The zero-order valence-corrected chi connectivity index (χ0v) is 11.8. The summed E-state index contributed by atoms with van der Waals surface area (Å²) in [7, 11) is 0. The molecule has 2 rings (SSSR count). The van der Waals surface area contributed by atoms with Crippen molar-refractivity contribution in [1.29, 1.82) is 0 Å². The van der Waals surface area contributed by atoms with Crippen LogP contribution in [0.4, 0.5) is 13.2 Å². The molecule has 0 radical (unpaired) electrons. The molecule has 1 fully saturated rings. The highest BCUT2D eigenvalue weighted by molar-refractivity contribution is 5.75. The standard InChI is InChI=1S/C14H17F3N2O3/c15-14(16,17)10-3-4-12(21)19(7-10)8-11(20)18-9-13(22)5-1-2-6-13/h3-4,7,22H,1-2,5-6,8-9H2,(H,18,20). The molecule has 1 amide bonds. The van der Waals surface area contributed by atoms with Crippen LogP contribution in [-0.2, 0) is 17.5 Å². The number of halogens is 3. The largest absolute Gasteiger partial charge is 0.417 e. The number of carbonyl (C=O) groups excluding carboxylic acids is 1. The minimum absolute atomic E-state index is 0.0412. The zero-order chi connectivity index (χ0) is 16.4. The first-order chi connectivity index (χ1) is 10.2. The summed E-state index contributed by atoms with van der Waals surface area (Å²) in [5.74, 6) is -0.609. The Morgan fingerprint density at radius 1 is 1.32 bits per heavy atom. The van der Waals surface area contributed by atoms with E-state index in [2.05, 4.69) is 5.32 Å². The number of rotatable bonds is 4. The highest BCUT2D eigenvalue weighted by Crippen LogP contribution is 2.29. The normalized spacial score (nSPS) is 17.5. The fraction of sp³-hybridized carbons (Fsp3) is 0.571. The van der Waals surface area contributed by atoms with Crippen molar-refractivity contribution >= 4 is 5.91 Å². The molecule has 5 nitrogen and oxygen atoms in total. The van der Waals surface area contributed by atoms with Gasteiger partial charge in [0.2, 0.25) is 5.91 Å². The molecular weight excluding hydrogens is 301 g/mol. The van der Waals surface area contributed by atoms with Gasteiger partial charge in [-0.1, -0.05) is 12.8 Å². The Labute approximate surface area is 124 Å². The first-order valence-electron chi connectivity index (χ1n) is 6.96. The summed E-state index contributed by atoms with van der Waals surface area (Å²) < 4.78 is 38.5. The van der Waals surface area contributed by atoms with E-state index >= 15 is 0 Å². The number of aliphatic hydroxyl groups is 1. The first-order valence-corrected chi connectivity index (χ1v) is 6.96. The van der Waals surface area contributed by atoms with Gasteiger partial charge < -0.3 is 15.0 Å². The van der Waals surface area contributed by atoms with Gasteiger partial charge in [-0.2, -0.15) is 13.2 Å². The van der Waals surface area contributed by atoms with Gasteiger partial charge in [-0.05, 0) is 18.9 Å². The van der Waals surface area contributed by atoms with E-state index < -0.39 is 35.4 Å². The van der Waals surface area contributed by atoms with Crippen molar-refractivity contribution in [3.05, 3.63) is 34.2 Å². The molecule has 122 valence electrons. The summed E-state index contributed by atoms with van der Waals surface area (Å²) in [4.78, 5) is 23.3. The number of pyridine rings is 1. The summed E-state index contributed by atoms with van der Waals surface area (Å²) in [6.07, 6.45) is -1.05. The summed E-state index contributed by atoms with van der Waals surface area (Å²) in [6, 6.07) is 1.46. The predicted molar refractivity (Wildman–Crippen MR) is 72.1 cm³/mol. The molecule has 1 aliphatic rings.